The largest absolute Gasteiger partial charge is 0.339 e. The number of likely N-dealkylation sites (tertiary alicyclic amines) is 1. The second-order valence-corrected chi connectivity index (χ2v) is 8.37. The van der Waals surface area contributed by atoms with Crippen LogP contribution in [0.3, 0.4) is 0 Å². The van der Waals surface area contributed by atoms with Crippen molar-refractivity contribution >= 4 is 23.9 Å². The second-order valence-electron chi connectivity index (χ2n) is 8.37. The molecule has 0 aliphatic carbocycles. The number of imide groups is 1. The van der Waals surface area contributed by atoms with E-state index >= 15 is 0 Å². The van der Waals surface area contributed by atoms with Gasteiger partial charge in [-0.05, 0) is 61.1 Å². The van der Waals surface area contributed by atoms with Crippen molar-refractivity contribution in [2.24, 2.45) is 5.92 Å². The van der Waals surface area contributed by atoms with Crippen LogP contribution in [-0.2, 0) is 16.1 Å². The molecule has 1 N–H and O–H groups in total. The molecular formula is C24H25FN4O3. The lowest BCUT2D eigenvalue weighted by molar-refractivity contribution is -0.134. The highest BCUT2D eigenvalue weighted by atomic mass is 19.1. The Hall–Kier alpha value is -3.55. The maximum absolute atomic E-state index is 13.2. The topological polar surface area (TPSA) is 82.6 Å². The van der Waals surface area contributed by atoms with E-state index in [1.54, 1.807) is 42.4 Å². The first-order chi connectivity index (χ1) is 15.4. The highest BCUT2D eigenvalue weighted by molar-refractivity contribution is 6.07. The highest BCUT2D eigenvalue weighted by Crippen LogP contribution is 2.34. The van der Waals surface area contributed by atoms with Gasteiger partial charge in [0.2, 0.25) is 5.91 Å². The molecule has 0 bridgehead atoms. The number of nitrogens with zero attached hydrogens (tertiary/aromatic N) is 3. The summed E-state index contributed by atoms with van der Waals surface area (Å²) in [6.45, 7) is 2.87. The molecule has 2 aliphatic heterocycles. The number of piperidine rings is 1. The van der Waals surface area contributed by atoms with E-state index in [-0.39, 0.29) is 30.1 Å². The zero-order chi connectivity index (χ0) is 22.7. The standard InChI is InChI=1S/C24H25FN4O3/c1-24(22(31)29(23(32)27-24)16-18-4-7-20(25)8-5-18)19-10-13-28(14-11-19)21(30)9-6-17-3-2-12-26-15-17/h2-9,12,15,19H,10-11,13-14,16H2,1H3,(H,27,32). The molecule has 2 aliphatic rings. The SMILES string of the molecule is CC1(C2CCN(C(=O)C=Cc3cccnc3)CC2)NC(=O)N(Cc2ccc(F)cc2)C1=O. The molecule has 32 heavy (non-hydrogen) atoms. The summed E-state index contributed by atoms with van der Waals surface area (Å²) in [4.78, 5) is 45.2. The molecule has 166 valence electrons. The zero-order valence-electron chi connectivity index (χ0n) is 17.8. The smallest absolute Gasteiger partial charge is 0.325 e. The maximum Gasteiger partial charge on any atom is 0.325 e. The number of carbonyl (C=O) groups is 3. The van der Waals surface area contributed by atoms with E-state index in [2.05, 4.69) is 10.3 Å². The third kappa shape index (κ3) is 4.39. The van der Waals surface area contributed by atoms with Crippen LogP contribution in [0.15, 0.2) is 54.9 Å². The summed E-state index contributed by atoms with van der Waals surface area (Å²) in [5.74, 6) is -0.818. The van der Waals surface area contributed by atoms with Crippen LogP contribution in [0.4, 0.5) is 9.18 Å². The minimum Gasteiger partial charge on any atom is -0.339 e. The van der Waals surface area contributed by atoms with Crippen molar-refractivity contribution in [1.29, 1.82) is 0 Å². The van der Waals surface area contributed by atoms with Crippen LogP contribution in [0.5, 0.6) is 0 Å². The molecule has 1 atom stereocenters. The Morgan fingerprint density at radius 1 is 1.22 bits per heavy atom. The lowest BCUT2D eigenvalue weighted by Gasteiger charge is -2.38. The summed E-state index contributed by atoms with van der Waals surface area (Å²) >= 11 is 0. The van der Waals surface area contributed by atoms with Gasteiger partial charge in [-0.2, -0.15) is 0 Å². The molecule has 4 amide bonds. The zero-order valence-corrected chi connectivity index (χ0v) is 17.8. The summed E-state index contributed by atoms with van der Waals surface area (Å²) in [7, 11) is 0. The Morgan fingerprint density at radius 2 is 1.94 bits per heavy atom. The van der Waals surface area contributed by atoms with Crippen LogP contribution in [0.25, 0.3) is 6.08 Å². The fraction of sp³-hybridized carbons (Fsp3) is 0.333. The van der Waals surface area contributed by atoms with Crippen molar-refractivity contribution in [3.63, 3.8) is 0 Å². The fourth-order valence-electron chi connectivity index (χ4n) is 4.33. The van der Waals surface area contributed by atoms with Crippen molar-refractivity contribution in [3.8, 4) is 0 Å². The number of hydrogen-bond donors (Lipinski definition) is 1. The molecule has 0 spiro atoms. The highest BCUT2D eigenvalue weighted by Gasteiger charge is 2.52. The number of rotatable bonds is 5. The van der Waals surface area contributed by atoms with Crippen LogP contribution in [-0.4, -0.2) is 51.3 Å². The Morgan fingerprint density at radius 3 is 2.59 bits per heavy atom. The summed E-state index contributed by atoms with van der Waals surface area (Å²) in [6, 6.07) is 8.98. The second kappa shape index (κ2) is 8.90. The minimum absolute atomic E-state index is 0.0801. The number of amides is 4. The van der Waals surface area contributed by atoms with E-state index in [0.29, 0.717) is 31.5 Å². The molecule has 2 aromatic rings. The van der Waals surface area contributed by atoms with Crippen LogP contribution in [0.1, 0.15) is 30.9 Å². The number of urea groups is 1. The molecule has 1 aromatic heterocycles. The van der Waals surface area contributed by atoms with E-state index in [9.17, 15) is 18.8 Å². The van der Waals surface area contributed by atoms with E-state index in [1.807, 2.05) is 12.1 Å². The molecule has 3 heterocycles. The first kappa shape index (κ1) is 21.7. The van der Waals surface area contributed by atoms with Gasteiger partial charge in [-0.15, -0.1) is 0 Å². The lowest BCUT2D eigenvalue weighted by Crippen LogP contribution is -2.54. The van der Waals surface area contributed by atoms with Gasteiger partial charge in [0, 0.05) is 31.6 Å². The molecule has 7 nitrogen and oxygen atoms in total. The van der Waals surface area contributed by atoms with Gasteiger partial charge in [0.25, 0.3) is 5.91 Å². The molecular weight excluding hydrogens is 411 g/mol. The predicted molar refractivity (Wildman–Crippen MR) is 116 cm³/mol. The van der Waals surface area contributed by atoms with Gasteiger partial charge < -0.3 is 10.2 Å². The monoisotopic (exact) mass is 436 g/mol. The third-order valence-electron chi connectivity index (χ3n) is 6.28. The van der Waals surface area contributed by atoms with E-state index in [1.165, 1.54) is 23.1 Å². The number of hydrogen-bond acceptors (Lipinski definition) is 4. The van der Waals surface area contributed by atoms with Crippen LogP contribution >= 0.6 is 0 Å². The predicted octanol–water partition coefficient (Wildman–Crippen LogP) is 2.98. The maximum atomic E-state index is 13.2. The van der Waals surface area contributed by atoms with Crippen molar-refractivity contribution in [1.82, 2.24) is 20.1 Å². The number of pyridine rings is 1. The summed E-state index contributed by atoms with van der Waals surface area (Å²) in [5, 5.41) is 2.86. The first-order valence-electron chi connectivity index (χ1n) is 10.6. The van der Waals surface area contributed by atoms with E-state index < -0.39 is 11.6 Å². The van der Waals surface area contributed by atoms with Crippen molar-refractivity contribution in [2.45, 2.75) is 31.8 Å². The average molecular weight is 436 g/mol. The molecule has 2 fully saturated rings. The average Bonchev–Trinajstić information content (AvgIpc) is 3.03. The van der Waals surface area contributed by atoms with Crippen LogP contribution in [0.2, 0.25) is 0 Å². The Balaban J connectivity index is 1.36. The molecule has 1 aromatic carbocycles. The molecule has 8 heteroatoms. The number of halogens is 1. The van der Waals surface area contributed by atoms with Gasteiger partial charge in [-0.3, -0.25) is 19.5 Å². The van der Waals surface area contributed by atoms with E-state index in [0.717, 1.165) is 5.56 Å². The van der Waals surface area contributed by atoms with Gasteiger partial charge in [-0.25, -0.2) is 9.18 Å². The number of benzene rings is 1. The van der Waals surface area contributed by atoms with Crippen LogP contribution < -0.4 is 5.32 Å². The fourth-order valence-corrected chi connectivity index (χ4v) is 4.33. The van der Waals surface area contributed by atoms with Crippen molar-refractivity contribution < 1.29 is 18.8 Å². The number of aromatic nitrogens is 1. The summed E-state index contributed by atoms with van der Waals surface area (Å²) in [6.07, 6.45) is 7.85. The van der Waals surface area contributed by atoms with Gasteiger partial charge in [-0.1, -0.05) is 18.2 Å². The Labute approximate surface area is 185 Å². The van der Waals surface area contributed by atoms with Crippen LogP contribution in [0, 0.1) is 11.7 Å². The van der Waals surface area contributed by atoms with Gasteiger partial charge in [0.05, 0.1) is 6.54 Å². The van der Waals surface area contributed by atoms with Crippen molar-refractivity contribution in [3.05, 3.63) is 71.8 Å². The lowest BCUT2D eigenvalue weighted by atomic mass is 9.79. The quantitative estimate of drug-likeness (QED) is 0.577. The van der Waals surface area contributed by atoms with Crippen molar-refractivity contribution in [2.75, 3.05) is 13.1 Å². The summed E-state index contributed by atoms with van der Waals surface area (Å²) < 4.78 is 13.1. The number of nitrogens with one attached hydrogen (secondary N) is 1. The Kier molecular flexibility index (Phi) is 6.03. The molecule has 1 unspecified atom stereocenters. The third-order valence-corrected chi connectivity index (χ3v) is 6.28. The first-order valence-corrected chi connectivity index (χ1v) is 10.6. The van der Waals surface area contributed by atoms with Gasteiger partial charge >= 0.3 is 6.03 Å². The Bertz CT molecular complexity index is 1030. The molecule has 4 rings (SSSR count). The normalized spacial score (nSPS) is 21.9. The summed E-state index contributed by atoms with van der Waals surface area (Å²) in [5.41, 5.74) is 0.515. The van der Waals surface area contributed by atoms with Gasteiger partial charge in [0.1, 0.15) is 11.4 Å². The molecule has 2 saturated heterocycles. The number of carbonyl (C=O) groups excluding carboxylic acids is 3. The van der Waals surface area contributed by atoms with Gasteiger partial charge in [0.15, 0.2) is 0 Å². The minimum atomic E-state index is -1.02. The molecule has 0 radical (unpaired) electrons. The molecule has 0 saturated carbocycles. The van der Waals surface area contributed by atoms with E-state index in [4.69, 9.17) is 0 Å².